The number of Topliss-reactive ketones (excluding diaryl/α,β-unsaturated/α-hetero) is 1. The highest BCUT2D eigenvalue weighted by Gasteiger charge is 2.47. The number of carbonyl (C=O) groups is 1. The number of ketones is 1. The van der Waals surface area contributed by atoms with E-state index in [0.29, 0.717) is 11.7 Å². The van der Waals surface area contributed by atoms with E-state index in [1.54, 1.807) is 6.92 Å². The second-order valence-corrected chi connectivity index (χ2v) is 3.92. The average molecular weight is 139 g/mol. The van der Waals surface area contributed by atoms with E-state index in [2.05, 4.69) is 20.8 Å². The molecule has 1 radical (unpaired) electrons. The van der Waals surface area contributed by atoms with Crippen LogP contribution in [0.2, 0.25) is 0 Å². The number of carbonyl (C=O) groups excluding carboxylic acids is 1. The molecule has 0 saturated heterocycles. The van der Waals surface area contributed by atoms with Crippen LogP contribution in [-0.2, 0) is 4.79 Å². The van der Waals surface area contributed by atoms with Crippen molar-refractivity contribution in [2.24, 2.45) is 17.3 Å². The normalized spacial score (nSPS) is 36.8. The van der Waals surface area contributed by atoms with Crippen molar-refractivity contribution < 1.29 is 4.79 Å². The Morgan fingerprint density at radius 1 is 1.60 bits per heavy atom. The largest absolute Gasteiger partial charge is 0.300 e. The topological polar surface area (TPSA) is 17.1 Å². The maximum absolute atomic E-state index is 11.0. The van der Waals surface area contributed by atoms with Gasteiger partial charge in [-0.2, -0.15) is 0 Å². The Labute approximate surface area is 62.8 Å². The fourth-order valence-electron chi connectivity index (χ4n) is 1.71. The van der Waals surface area contributed by atoms with E-state index in [9.17, 15) is 4.79 Å². The van der Waals surface area contributed by atoms with Crippen molar-refractivity contribution in [3.05, 3.63) is 6.92 Å². The zero-order chi connectivity index (χ0) is 7.94. The molecule has 1 heteroatoms. The molecule has 0 amide bonds. The van der Waals surface area contributed by atoms with E-state index >= 15 is 0 Å². The van der Waals surface area contributed by atoms with Crippen LogP contribution >= 0.6 is 0 Å². The zero-order valence-electron chi connectivity index (χ0n) is 6.98. The van der Waals surface area contributed by atoms with Gasteiger partial charge in [0.05, 0.1) is 0 Å². The Balaban J connectivity index is 2.63. The highest BCUT2D eigenvalue weighted by Crippen LogP contribution is 2.50. The molecule has 1 aliphatic carbocycles. The van der Waals surface area contributed by atoms with Crippen LogP contribution in [0.25, 0.3) is 0 Å². The minimum Gasteiger partial charge on any atom is -0.300 e. The lowest BCUT2D eigenvalue weighted by Gasteiger charge is -2.49. The molecular weight excluding hydrogens is 124 g/mol. The number of hydrogen-bond acceptors (Lipinski definition) is 1. The molecule has 0 aromatic heterocycles. The van der Waals surface area contributed by atoms with Crippen LogP contribution in [-0.4, -0.2) is 5.78 Å². The molecule has 2 atom stereocenters. The van der Waals surface area contributed by atoms with Crippen LogP contribution in [0.3, 0.4) is 0 Å². The van der Waals surface area contributed by atoms with Gasteiger partial charge in [0.15, 0.2) is 0 Å². The fraction of sp³-hybridized carbons (Fsp3) is 0.778. The predicted molar refractivity (Wildman–Crippen MR) is 41.4 cm³/mol. The maximum atomic E-state index is 11.0. The molecule has 1 fully saturated rings. The number of rotatable bonds is 1. The molecule has 57 valence electrons. The summed E-state index contributed by atoms with van der Waals surface area (Å²) >= 11 is 0. The summed E-state index contributed by atoms with van der Waals surface area (Å²) in [5.74, 6) is 1.07. The number of hydrogen-bond donors (Lipinski definition) is 0. The molecule has 1 nitrogen and oxygen atoms in total. The van der Waals surface area contributed by atoms with Gasteiger partial charge in [-0.05, 0) is 31.6 Å². The minimum atomic E-state index is 0.159. The molecule has 1 aliphatic rings. The average Bonchev–Trinajstić information content (AvgIpc) is 1.82. The van der Waals surface area contributed by atoms with Crippen molar-refractivity contribution in [1.82, 2.24) is 0 Å². The summed E-state index contributed by atoms with van der Waals surface area (Å²) in [5.41, 5.74) is 0.159. The first kappa shape index (κ1) is 7.77. The zero-order valence-corrected chi connectivity index (χ0v) is 6.98. The van der Waals surface area contributed by atoms with Crippen molar-refractivity contribution in [2.45, 2.75) is 27.2 Å². The van der Waals surface area contributed by atoms with Crippen molar-refractivity contribution in [3.8, 4) is 0 Å². The first-order chi connectivity index (χ1) is 4.46. The second-order valence-electron chi connectivity index (χ2n) is 3.92. The minimum absolute atomic E-state index is 0.159. The molecular formula is C9H15O. The summed E-state index contributed by atoms with van der Waals surface area (Å²) in [7, 11) is 0. The Kier molecular flexibility index (Phi) is 1.61. The molecule has 10 heavy (non-hydrogen) atoms. The quantitative estimate of drug-likeness (QED) is 0.543. The molecule has 0 bridgehead atoms. The van der Waals surface area contributed by atoms with Gasteiger partial charge in [-0.3, -0.25) is 4.79 Å². The summed E-state index contributed by atoms with van der Waals surface area (Å²) in [6, 6.07) is 0. The van der Waals surface area contributed by atoms with Crippen molar-refractivity contribution in [1.29, 1.82) is 0 Å². The van der Waals surface area contributed by atoms with E-state index in [1.165, 1.54) is 0 Å². The third-order valence-electron chi connectivity index (χ3n) is 2.96. The monoisotopic (exact) mass is 139 g/mol. The standard InChI is InChI=1S/C9H15O/c1-6-5-8(7(2)10)9(6,3)4/h6,8H,1,5H2,2-4H3. The molecule has 0 aromatic carbocycles. The van der Waals surface area contributed by atoms with E-state index in [1.807, 2.05) is 0 Å². The Morgan fingerprint density at radius 2 is 2.10 bits per heavy atom. The SMILES string of the molecule is [CH2]C1CC(C(C)=O)C1(C)C. The summed E-state index contributed by atoms with van der Waals surface area (Å²) in [5, 5.41) is 0. The third-order valence-corrected chi connectivity index (χ3v) is 2.96. The first-order valence-electron chi connectivity index (χ1n) is 3.79. The third kappa shape index (κ3) is 0.882. The van der Waals surface area contributed by atoms with E-state index in [-0.39, 0.29) is 11.3 Å². The lowest BCUT2D eigenvalue weighted by Crippen LogP contribution is -2.46. The Morgan fingerprint density at radius 3 is 2.20 bits per heavy atom. The molecule has 0 aromatic rings. The van der Waals surface area contributed by atoms with Crippen LogP contribution in [0.15, 0.2) is 0 Å². The van der Waals surface area contributed by atoms with E-state index in [4.69, 9.17) is 0 Å². The maximum Gasteiger partial charge on any atom is 0.133 e. The van der Waals surface area contributed by atoms with Crippen molar-refractivity contribution >= 4 is 5.78 Å². The first-order valence-corrected chi connectivity index (χ1v) is 3.79. The second kappa shape index (κ2) is 2.08. The van der Waals surface area contributed by atoms with E-state index < -0.39 is 0 Å². The Bertz CT molecular complexity index is 158. The van der Waals surface area contributed by atoms with Gasteiger partial charge >= 0.3 is 0 Å². The van der Waals surface area contributed by atoms with Gasteiger partial charge in [0.2, 0.25) is 0 Å². The van der Waals surface area contributed by atoms with Gasteiger partial charge in [-0.1, -0.05) is 13.8 Å². The van der Waals surface area contributed by atoms with Gasteiger partial charge in [0, 0.05) is 5.92 Å². The van der Waals surface area contributed by atoms with Crippen LogP contribution in [0.4, 0.5) is 0 Å². The van der Waals surface area contributed by atoms with E-state index in [0.717, 1.165) is 6.42 Å². The summed E-state index contributed by atoms with van der Waals surface area (Å²) < 4.78 is 0. The van der Waals surface area contributed by atoms with Crippen LogP contribution in [0.1, 0.15) is 27.2 Å². The van der Waals surface area contributed by atoms with Gasteiger partial charge in [-0.15, -0.1) is 0 Å². The predicted octanol–water partition coefficient (Wildman–Crippen LogP) is 2.07. The van der Waals surface area contributed by atoms with Gasteiger partial charge in [-0.25, -0.2) is 0 Å². The highest BCUT2D eigenvalue weighted by molar-refractivity contribution is 5.80. The Hall–Kier alpha value is -0.330. The lowest BCUT2D eigenvalue weighted by molar-refractivity contribution is -0.133. The van der Waals surface area contributed by atoms with Crippen molar-refractivity contribution in [2.75, 3.05) is 0 Å². The molecule has 0 N–H and O–H groups in total. The fourth-order valence-corrected chi connectivity index (χ4v) is 1.71. The highest BCUT2D eigenvalue weighted by atomic mass is 16.1. The molecule has 0 spiro atoms. The lowest BCUT2D eigenvalue weighted by atomic mass is 9.54. The van der Waals surface area contributed by atoms with Crippen molar-refractivity contribution in [3.63, 3.8) is 0 Å². The molecule has 0 aliphatic heterocycles. The van der Waals surface area contributed by atoms with Gasteiger partial charge < -0.3 is 0 Å². The summed E-state index contributed by atoms with van der Waals surface area (Å²) in [6.07, 6.45) is 0.988. The summed E-state index contributed by atoms with van der Waals surface area (Å²) in [4.78, 5) is 11.0. The van der Waals surface area contributed by atoms with Crippen LogP contribution in [0, 0.1) is 24.2 Å². The molecule has 1 rings (SSSR count). The van der Waals surface area contributed by atoms with Gasteiger partial charge in [0.1, 0.15) is 5.78 Å². The molecule has 0 heterocycles. The molecule has 2 unspecified atom stereocenters. The van der Waals surface area contributed by atoms with Gasteiger partial charge in [0.25, 0.3) is 0 Å². The summed E-state index contributed by atoms with van der Waals surface area (Å²) in [6.45, 7) is 9.91. The van der Waals surface area contributed by atoms with Crippen LogP contribution < -0.4 is 0 Å². The smallest absolute Gasteiger partial charge is 0.133 e. The molecule has 1 saturated carbocycles. The van der Waals surface area contributed by atoms with Crippen LogP contribution in [0.5, 0.6) is 0 Å².